The highest BCUT2D eigenvalue weighted by Crippen LogP contribution is 2.34. The number of hydrogen-bond acceptors (Lipinski definition) is 1. The summed E-state index contributed by atoms with van der Waals surface area (Å²) in [5.41, 5.74) is 0. The van der Waals surface area contributed by atoms with Crippen molar-refractivity contribution in [2.45, 2.75) is 252 Å². The fourth-order valence-electron chi connectivity index (χ4n) is 7.47. The van der Waals surface area contributed by atoms with Crippen LogP contribution in [0.1, 0.15) is 227 Å². The van der Waals surface area contributed by atoms with Gasteiger partial charge in [-0.25, -0.2) is 0 Å². The molecule has 0 rings (SSSR count). The van der Waals surface area contributed by atoms with E-state index in [-0.39, 0.29) is 24.0 Å². The van der Waals surface area contributed by atoms with Gasteiger partial charge >= 0.3 is 0 Å². The summed E-state index contributed by atoms with van der Waals surface area (Å²) < 4.78 is 8.76. The Morgan fingerprint density at radius 1 is 0.391 bits per heavy atom. The molecule has 0 radical (unpaired) electrons. The monoisotopic (exact) mass is 780 g/mol. The Balaban J connectivity index is 0. The van der Waals surface area contributed by atoms with Crippen LogP contribution in [0.25, 0.3) is 0 Å². The van der Waals surface area contributed by atoms with Gasteiger partial charge in [-0.15, -0.1) is 0 Å². The van der Waals surface area contributed by atoms with Gasteiger partial charge in [0, 0.05) is 6.42 Å². The minimum Gasteiger partial charge on any atom is -1.00 e. The second kappa shape index (κ2) is 35.7. The molecule has 1 atom stereocenters. The fraction of sp³-hybridized carbons (Fsp3) is 1.00. The quantitative estimate of drug-likeness (QED) is 0.0201. The molecule has 1 unspecified atom stereocenters. The van der Waals surface area contributed by atoms with E-state index in [2.05, 4.69) is 48.7 Å². The topological polar surface area (TPSA) is 9.23 Å². The molecule has 0 amide bonds. The molecule has 0 bridgehead atoms. The average molecular weight is 780 g/mol. The van der Waals surface area contributed by atoms with Gasteiger partial charge in [-0.2, -0.15) is 0 Å². The molecule has 280 valence electrons. The molecule has 46 heavy (non-hydrogen) atoms. The smallest absolute Gasteiger partial charge is 0.200 e. The van der Waals surface area contributed by atoms with Crippen molar-refractivity contribution in [1.29, 1.82) is 0 Å². The number of halogens is 1. The maximum Gasteiger partial charge on any atom is 0.200 e. The van der Waals surface area contributed by atoms with Crippen molar-refractivity contribution in [3.05, 3.63) is 0 Å². The fourth-order valence-corrected chi connectivity index (χ4v) is 12.2. The highest BCUT2D eigenvalue weighted by atomic mass is 127. The van der Waals surface area contributed by atoms with Crippen LogP contribution in [0, 0.1) is 0 Å². The summed E-state index contributed by atoms with van der Waals surface area (Å²) in [5.74, 6) is 0. The zero-order valence-corrected chi connectivity index (χ0v) is 36.5. The van der Waals surface area contributed by atoms with Crippen molar-refractivity contribution in [3.63, 3.8) is 0 Å². The minimum atomic E-state index is -1.76. The Labute approximate surface area is 311 Å². The van der Waals surface area contributed by atoms with Crippen molar-refractivity contribution in [2.75, 3.05) is 20.6 Å². The summed E-state index contributed by atoms with van der Waals surface area (Å²) >= 11 is 0. The van der Waals surface area contributed by atoms with E-state index >= 15 is 0 Å². The van der Waals surface area contributed by atoms with E-state index in [0.29, 0.717) is 6.23 Å². The van der Waals surface area contributed by atoms with Crippen LogP contribution in [0.4, 0.5) is 0 Å². The van der Waals surface area contributed by atoms with E-state index in [9.17, 15) is 0 Å². The van der Waals surface area contributed by atoms with E-state index in [1.807, 2.05) is 0 Å². The average Bonchev–Trinajstić information content (AvgIpc) is 3.03. The minimum absolute atomic E-state index is 0. The van der Waals surface area contributed by atoms with Crippen LogP contribution in [0.3, 0.4) is 0 Å². The Kier molecular flexibility index (Phi) is 38.0. The first-order chi connectivity index (χ1) is 21.9. The van der Waals surface area contributed by atoms with Crippen molar-refractivity contribution in [3.8, 4) is 0 Å². The lowest BCUT2D eigenvalue weighted by Crippen LogP contribution is -3.00. The molecule has 4 heteroatoms. The highest BCUT2D eigenvalue weighted by Gasteiger charge is 2.40. The van der Waals surface area contributed by atoms with Crippen LogP contribution in [0.5, 0.6) is 0 Å². The van der Waals surface area contributed by atoms with Gasteiger partial charge in [-0.3, -0.25) is 0 Å². The van der Waals surface area contributed by atoms with Crippen LogP contribution >= 0.6 is 0 Å². The van der Waals surface area contributed by atoms with Crippen molar-refractivity contribution in [2.24, 2.45) is 0 Å². The summed E-state index contributed by atoms with van der Waals surface area (Å²) in [7, 11) is 3.26. The third-order valence-electron chi connectivity index (χ3n) is 10.7. The number of rotatable bonds is 37. The summed E-state index contributed by atoms with van der Waals surface area (Å²) in [5, 5.41) is 0. The molecule has 0 spiro atoms. The van der Waals surface area contributed by atoms with Gasteiger partial charge in [-0.1, -0.05) is 202 Å². The van der Waals surface area contributed by atoms with Gasteiger partial charge in [0.15, 0.2) is 14.5 Å². The van der Waals surface area contributed by atoms with Crippen molar-refractivity contribution < 1.29 is 32.9 Å². The lowest BCUT2D eigenvalue weighted by molar-refractivity contribution is -0.934. The Hall–Kier alpha value is 0.867. The third-order valence-corrected chi connectivity index (χ3v) is 15.3. The van der Waals surface area contributed by atoms with Gasteiger partial charge in [0.05, 0.1) is 20.6 Å². The van der Waals surface area contributed by atoms with E-state index in [1.165, 1.54) is 217 Å². The van der Waals surface area contributed by atoms with Crippen LogP contribution in [0.15, 0.2) is 0 Å². The van der Waals surface area contributed by atoms with E-state index in [4.69, 9.17) is 4.43 Å². The second-order valence-electron chi connectivity index (χ2n) is 15.8. The lowest BCUT2D eigenvalue weighted by Gasteiger charge is -2.44. The molecule has 0 N–H and O–H groups in total. The van der Waals surface area contributed by atoms with Gasteiger partial charge in [0.25, 0.3) is 0 Å². The maximum absolute atomic E-state index is 7.67. The van der Waals surface area contributed by atoms with E-state index in [0.717, 1.165) is 4.48 Å². The van der Waals surface area contributed by atoms with E-state index < -0.39 is 8.32 Å². The summed E-state index contributed by atoms with van der Waals surface area (Å²) in [6.45, 7) is 13.0. The van der Waals surface area contributed by atoms with Crippen molar-refractivity contribution in [1.82, 2.24) is 0 Å². The standard InChI is InChI=1S/C42H90NOSi.HI/c1-8-13-17-21-22-23-24-25-26-27-28-29-30-31-32-33-38-43(6,7)42(37-12-5)44-45(39-34-18-14-9-2,40-35-19-15-10-3)41-36-20-16-11-4;/h42H,8-41H2,1-7H3;1H/q+1;/p-1. The number of hydrogen-bond donors (Lipinski definition) is 0. The molecule has 2 nitrogen and oxygen atoms in total. The Morgan fingerprint density at radius 3 is 0.978 bits per heavy atom. The molecule has 0 heterocycles. The number of nitrogens with zero attached hydrogens (tertiary/aromatic N) is 1. The Morgan fingerprint density at radius 2 is 0.674 bits per heavy atom. The lowest BCUT2D eigenvalue weighted by atomic mass is 10.0. The molecule has 0 aromatic rings. The van der Waals surface area contributed by atoms with Gasteiger partial charge in [0.1, 0.15) is 0 Å². The first kappa shape index (κ1) is 49.0. The third kappa shape index (κ3) is 28.7. The first-order valence-corrected chi connectivity index (χ1v) is 23.9. The summed E-state index contributed by atoms with van der Waals surface area (Å²) in [6.07, 6.45) is 42.7. The predicted molar refractivity (Wildman–Crippen MR) is 209 cm³/mol. The normalized spacial score (nSPS) is 12.8. The van der Waals surface area contributed by atoms with E-state index in [1.54, 1.807) is 0 Å². The van der Waals surface area contributed by atoms with Crippen molar-refractivity contribution >= 4 is 8.32 Å². The Bertz CT molecular complexity index is 555. The first-order valence-electron chi connectivity index (χ1n) is 21.4. The molecular formula is C42H90INOSi. The molecule has 0 aliphatic carbocycles. The largest absolute Gasteiger partial charge is 1.00 e. The summed E-state index contributed by atoms with van der Waals surface area (Å²) in [4.78, 5) is 0. The molecule has 0 saturated carbocycles. The van der Waals surface area contributed by atoms with Crippen LogP contribution < -0.4 is 24.0 Å². The second-order valence-corrected chi connectivity index (χ2v) is 19.9. The maximum atomic E-state index is 7.67. The predicted octanol–water partition coefficient (Wildman–Crippen LogP) is 12.2. The SMILES string of the molecule is CCCCCCCCCCCCCCCCCC[N+](C)(C)C(CCC)O[Si](CCCCCC)(CCCCCC)CCCCCC.[I-]. The molecule has 0 fully saturated rings. The van der Waals surface area contributed by atoms with Crippen LogP contribution in [0.2, 0.25) is 18.1 Å². The molecular weight excluding hydrogens is 689 g/mol. The number of quaternary nitrogens is 1. The van der Waals surface area contributed by atoms with Crippen LogP contribution in [-0.4, -0.2) is 39.7 Å². The summed E-state index contributed by atoms with van der Waals surface area (Å²) in [6, 6.07) is 4.26. The molecule has 0 aliphatic heterocycles. The molecule has 0 aliphatic rings. The van der Waals surface area contributed by atoms with Gasteiger partial charge in [-0.05, 0) is 37.4 Å². The zero-order chi connectivity index (χ0) is 33.3. The van der Waals surface area contributed by atoms with Gasteiger partial charge in [0.2, 0.25) is 0 Å². The zero-order valence-electron chi connectivity index (χ0n) is 33.4. The molecule has 0 aromatic carbocycles. The van der Waals surface area contributed by atoms with Crippen LogP contribution in [-0.2, 0) is 4.43 Å². The van der Waals surface area contributed by atoms with Gasteiger partial charge < -0.3 is 32.9 Å². The number of unbranched alkanes of at least 4 members (excludes halogenated alkanes) is 24. The molecule has 0 aromatic heterocycles. The highest BCUT2D eigenvalue weighted by molar-refractivity contribution is 6.73. The molecule has 0 saturated heterocycles.